The molecule has 0 aromatic carbocycles. The Bertz CT molecular complexity index is 243. The molecule has 1 aliphatic carbocycles. The lowest BCUT2D eigenvalue weighted by Crippen LogP contribution is -2.23. The topological polar surface area (TPSA) is 37.3 Å². The van der Waals surface area contributed by atoms with Crippen LogP contribution in [-0.4, -0.2) is 11.1 Å². The Kier molecular flexibility index (Phi) is 3.73. The highest BCUT2D eigenvalue weighted by Gasteiger charge is 2.26. The number of carbonyl (C=O) groups is 1. The fourth-order valence-electron chi connectivity index (χ4n) is 2.66. The Morgan fingerprint density at radius 1 is 1.57 bits per heavy atom. The van der Waals surface area contributed by atoms with Gasteiger partial charge in [-0.2, -0.15) is 0 Å². The fraction of sp³-hybridized carbons (Fsp3) is 0.750. The summed E-state index contributed by atoms with van der Waals surface area (Å²) in [5, 5.41) is 8.65. The Labute approximate surface area is 86.0 Å². The minimum Gasteiger partial charge on any atom is -0.481 e. The van der Waals surface area contributed by atoms with Gasteiger partial charge in [0, 0.05) is 6.42 Å². The van der Waals surface area contributed by atoms with Gasteiger partial charge < -0.3 is 5.11 Å². The van der Waals surface area contributed by atoms with Crippen molar-refractivity contribution in [1.29, 1.82) is 0 Å². The van der Waals surface area contributed by atoms with Gasteiger partial charge in [0.05, 0.1) is 0 Å². The first kappa shape index (κ1) is 11.3. The van der Waals surface area contributed by atoms with E-state index in [1.54, 1.807) is 0 Å². The van der Waals surface area contributed by atoms with E-state index in [0.717, 1.165) is 12.8 Å². The van der Waals surface area contributed by atoms with Crippen molar-refractivity contribution in [2.45, 2.75) is 40.0 Å². The predicted molar refractivity (Wildman–Crippen MR) is 57.1 cm³/mol. The Morgan fingerprint density at radius 2 is 2.21 bits per heavy atom. The number of carboxylic acid groups (broad SMARTS) is 1. The predicted octanol–water partition coefficient (Wildman–Crippen LogP) is 3.09. The monoisotopic (exact) mass is 196 g/mol. The molecule has 0 bridgehead atoms. The summed E-state index contributed by atoms with van der Waals surface area (Å²) in [5.74, 6) is 1.05. The third kappa shape index (κ3) is 2.86. The van der Waals surface area contributed by atoms with Gasteiger partial charge in [0.25, 0.3) is 0 Å². The van der Waals surface area contributed by atoms with Gasteiger partial charge in [0.1, 0.15) is 0 Å². The molecule has 0 aliphatic heterocycles. The molecule has 0 saturated carbocycles. The van der Waals surface area contributed by atoms with Crippen LogP contribution in [0.4, 0.5) is 0 Å². The zero-order valence-corrected chi connectivity index (χ0v) is 9.29. The lowest BCUT2D eigenvalue weighted by atomic mass is 9.73. The van der Waals surface area contributed by atoms with E-state index in [-0.39, 0.29) is 0 Å². The first-order valence-electron chi connectivity index (χ1n) is 5.39. The van der Waals surface area contributed by atoms with Crippen molar-refractivity contribution in [3.63, 3.8) is 0 Å². The lowest BCUT2D eigenvalue weighted by Gasteiger charge is -2.32. The molecule has 1 N–H and O–H groups in total. The zero-order chi connectivity index (χ0) is 10.7. The van der Waals surface area contributed by atoms with Crippen molar-refractivity contribution in [2.24, 2.45) is 17.8 Å². The van der Waals surface area contributed by atoms with E-state index in [9.17, 15) is 4.79 Å². The molecule has 80 valence electrons. The zero-order valence-electron chi connectivity index (χ0n) is 9.29. The molecule has 1 rings (SSSR count). The van der Waals surface area contributed by atoms with E-state index in [1.807, 2.05) is 0 Å². The van der Waals surface area contributed by atoms with Crippen LogP contribution in [0.5, 0.6) is 0 Å². The quantitative estimate of drug-likeness (QED) is 0.704. The van der Waals surface area contributed by atoms with Crippen molar-refractivity contribution in [3.05, 3.63) is 11.6 Å². The number of carboxylic acids is 1. The molecular formula is C12H20O2. The van der Waals surface area contributed by atoms with Crippen molar-refractivity contribution in [2.75, 3.05) is 0 Å². The third-order valence-electron chi connectivity index (χ3n) is 3.29. The van der Waals surface area contributed by atoms with E-state index in [0.29, 0.717) is 24.2 Å². The summed E-state index contributed by atoms with van der Waals surface area (Å²) in [6, 6.07) is 0. The van der Waals surface area contributed by atoms with Gasteiger partial charge in [-0.3, -0.25) is 4.79 Å². The summed E-state index contributed by atoms with van der Waals surface area (Å²) in [6.07, 6.45) is 4.56. The molecule has 1 aliphatic rings. The maximum atomic E-state index is 10.5. The number of allylic oxidation sites excluding steroid dienone is 2. The smallest absolute Gasteiger partial charge is 0.303 e. The second kappa shape index (κ2) is 4.63. The molecule has 14 heavy (non-hydrogen) atoms. The highest BCUT2D eigenvalue weighted by Crippen LogP contribution is 2.36. The van der Waals surface area contributed by atoms with Crippen molar-refractivity contribution in [3.8, 4) is 0 Å². The Morgan fingerprint density at radius 3 is 2.71 bits per heavy atom. The number of aliphatic carboxylic acids is 1. The second-order valence-electron chi connectivity index (χ2n) is 4.65. The molecule has 2 heteroatoms. The minimum absolute atomic E-state index is 0.312. The fourth-order valence-corrected chi connectivity index (χ4v) is 2.66. The van der Waals surface area contributed by atoms with Crippen LogP contribution in [0.1, 0.15) is 40.0 Å². The molecule has 0 aromatic rings. The standard InChI is InChI=1S/C12H20O2/c1-8-6-9(2)11(10(3)7-8)4-5-12(13)14/h6,9-11H,4-5,7H2,1-3H3,(H,13,14). The number of hydrogen-bond acceptors (Lipinski definition) is 1. The van der Waals surface area contributed by atoms with Crippen LogP contribution in [0.3, 0.4) is 0 Å². The summed E-state index contributed by atoms with van der Waals surface area (Å²) in [7, 11) is 0. The van der Waals surface area contributed by atoms with Crippen LogP contribution < -0.4 is 0 Å². The first-order chi connectivity index (χ1) is 6.50. The average molecular weight is 196 g/mol. The number of hydrogen-bond donors (Lipinski definition) is 1. The van der Waals surface area contributed by atoms with E-state index >= 15 is 0 Å². The molecule has 0 fully saturated rings. The van der Waals surface area contributed by atoms with E-state index in [4.69, 9.17) is 5.11 Å². The maximum Gasteiger partial charge on any atom is 0.303 e. The summed E-state index contributed by atoms with van der Waals surface area (Å²) >= 11 is 0. The van der Waals surface area contributed by atoms with E-state index in [1.165, 1.54) is 5.57 Å². The summed E-state index contributed by atoms with van der Waals surface area (Å²) in [6.45, 7) is 6.60. The molecule has 0 spiro atoms. The van der Waals surface area contributed by atoms with Crippen LogP contribution in [0.25, 0.3) is 0 Å². The van der Waals surface area contributed by atoms with Crippen molar-refractivity contribution >= 4 is 5.97 Å². The van der Waals surface area contributed by atoms with Gasteiger partial charge in [0.2, 0.25) is 0 Å². The van der Waals surface area contributed by atoms with Gasteiger partial charge >= 0.3 is 5.97 Å². The molecule has 0 saturated heterocycles. The first-order valence-corrected chi connectivity index (χ1v) is 5.39. The summed E-state index contributed by atoms with van der Waals surface area (Å²) < 4.78 is 0. The van der Waals surface area contributed by atoms with Crippen LogP contribution >= 0.6 is 0 Å². The highest BCUT2D eigenvalue weighted by atomic mass is 16.4. The molecule has 0 radical (unpaired) electrons. The van der Waals surface area contributed by atoms with Crippen LogP contribution in [-0.2, 0) is 4.79 Å². The van der Waals surface area contributed by atoms with Crippen LogP contribution in [0.2, 0.25) is 0 Å². The van der Waals surface area contributed by atoms with E-state index < -0.39 is 5.97 Å². The van der Waals surface area contributed by atoms with Crippen molar-refractivity contribution < 1.29 is 9.90 Å². The summed E-state index contributed by atoms with van der Waals surface area (Å²) in [5.41, 5.74) is 1.46. The van der Waals surface area contributed by atoms with Gasteiger partial charge in [0.15, 0.2) is 0 Å². The Balaban J connectivity index is 2.55. The van der Waals surface area contributed by atoms with Crippen LogP contribution in [0.15, 0.2) is 11.6 Å². The van der Waals surface area contributed by atoms with Gasteiger partial charge in [-0.05, 0) is 37.5 Å². The Hall–Kier alpha value is -0.790. The third-order valence-corrected chi connectivity index (χ3v) is 3.29. The SMILES string of the molecule is CC1=CC(C)C(CCC(=O)O)C(C)C1. The van der Waals surface area contributed by atoms with Gasteiger partial charge in [-0.15, -0.1) is 0 Å². The second-order valence-corrected chi connectivity index (χ2v) is 4.65. The van der Waals surface area contributed by atoms with Crippen LogP contribution in [0, 0.1) is 17.8 Å². The molecule has 3 atom stereocenters. The minimum atomic E-state index is -0.671. The van der Waals surface area contributed by atoms with E-state index in [2.05, 4.69) is 26.8 Å². The lowest BCUT2D eigenvalue weighted by molar-refractivity contribution is -0.137. The average Bonchev–Trinajstić information content (AvgIpc) is 2.01. The molecule has 0 aromatic heterocycles. The van der Waals surface area contributed by atoms with Gasteiger partial charge in [-0.25, -0.2) is 0 Å². The van der Waals surface area contributed by atoms with Gasteiger partial charge in [-0.1, -0.05) is 25.5 Å². The summed E-state index contributed by atoms with van der Waals surface area (Å²) in [4.78, 5) is 10.5. The molecule has 0 amide bonds. The van der Waals surface area contributed by atoms with Crippen molar-refractivity contribution in [1.82, 2.24) is 0 Å². The molecular weight excluding hydrogens is 176 g/mol. The molecule has 0 heterocycles. The molecule has 2 nitrogen and oxygen atoms in total. The molecule has 3 unspecified atom stereocenters. The normalized spacial score (nSPS) is 32.5. The number of rotatable bonds is 3. The largest absolute Gasteiger partial charge is 0.481 e. The maximum absolute atomic E-state index is 10.5. The highest BCUT2D eigenvalue weighted by molar-refractivity contribution is 5.66.